The number of amides is 1. The Morgan fingerprint density at radius 3 is 2.56 bits per heavy atom. The van der Waals surface area contributed by atoms with Crippen LogP contribution in [0.4, 0.5) is 0 Å². The third kappa shape index (κ3) is 3.29. The smallest absolute Gasteiger partial charge is 0.318 e. The number of aromatic nitrogens is 1. The molecule has 5 nitrogen and oxygen atoms in total. The summed E-state index contributed by atoms with van der Waals surface area (Å²) in [5, 5.41) is 8.99. The van der Waals surface area contributed by atoms with Gasteiger partial charge in [-0.05, 0) is 26.0 Å². The van der Waals surface area contributed by atoms with Gasteiger partial charge in [-0.25, -0.2) is 0 Å². The molecule has 5 heteroatoms. The van der Waals surface area contributed by atoms with Crippen molar-refractivity contribution in [3.8, 4) is 0 Å². The molecule has 0 aliphatic rings. The van der Waals surface area contributed by atoms with Crippen molar-refractivity contribution in [3.63, 3.8) is 0 Å². The van der Waals surface area contributed by atoms with Crippen molar-refractivity contribution in [3.05, 3.63) is 30.1 Å². The van der Waals surface area contributed by atoms with Crippen LogP contribution in [0.3, 0.4) is 0 Å². The summed E-state index contributed by atoms with van der Waals surface area (Å²) < 4.78 is 0. The molecule has 1 rings (SSSR count). The molecule has 1 heterocycles. The molecule has 0 unspecified atom stereocenters. The summed E-state index contributed by atoms with van der Waals surface area (Å²) in [5.74, 6) is -1.51. The minimum Gasteiger partial charge on any atom is -0.480 e. The van der Waals surface area contributed by atoms with Crippen molar-refractivity contribution < 1.29 is 14.7 Å². The van der Waals surface area contributed by atoms with Gasteiger partial charge in [0.25, 0.3) is 0 Å². The van der Waals surface area contributed by atoms with Crippen molar-refractivity contribution in [1.29, 1.82) is 0 Å². The first-order valence-corrected chi connectivity index (χ1v) is 5.74. The molecule has 0 saturated carbocycles. The van der Waals surface area contributed by atoms with Gasteiger partial charge in [0.15, 0.2) is 0 Å². The van der Waals surface area contributed by atoms with Crippen LogP contribution in [0, 0.1) is 5.41 Å². The molecule has 0 saturated heterocycles. The van der Waals surface area contributed by atoms with Gasteiger partial charge in [-0.2, -0.15) is 0 Å². The molecule has 98 valence electrons. The van der Waals surface area contributed by atoms with Crippen molar-refractivity contribution in [2.24, 2.45) is 5.41 Å². The number of carbonyl (C=O) groups excluding carboxylic acids is 1. The molecule has 1 aromatic rings. The van der Waals surface area contributed by atoms with Gasteiger partial charge in [-0.1, -0.05) is 6.07 Å². The summed E-state index contributed by atoms with van der Waals surface area (Å²) in [7, 11) is 1.61. The molecule has 0 radical (unpaired) electrons. The maximum Gasteiger partial charge on any atom is 0.318 e. The van der Waals surface area contributed by atoms with E-state index in [4.69, 9.17) is 5.11 Å². The maximum absolute atomic E-state index is 12.0. The second-order valence-corrected chi connectivity index (χ2v) is 4.73. The predicted octanol–water partition coefficient (Wildman–Crippen LogP) is 1.19. The number of aliphatic carboxylic acids is 1. The number of carboxylic acids is 1. The lowest BCUT2D eigenvalue weighted by molar-refractivity contribution is -0.157. The van der Waals surface area contributed by atoms with Crippen LogP contribution >= 0.6 is 0 Å². The Hall–Kier alpha value is -1.91. The number of rotatable bonds is 5. The normalized spacial score (nSPS) is 11.1. The van der Waals surface area contributed by atoms with Gasteiger partial charge in [-0.3, -0.25) is 14.6 Å². The molecule has 0 spiro atoms. The van der Waals surface area contributed by atoms with Gasteiger partial charge in [0, 0.05) is 31.9 Å². The van der Waals surface area contributed by atoms with Crippen LogP contribution in [0.15, 0.2) is 24.4 Å². The van der Waals surface area contributed by atoms with E-state index in [0.29, 0.717) is 13.0 Å². The topological polar surface area (TPSA) is 70.5 Å². The fourth-order valence-corrected chi connectivity index (χ4v) is 1.50. The van der Waals surface area contributed by atoms with Gasteiger partial charge in [0.05, 0.1) is 0 Å². The number of pyridine rings is 1. The fourth-order valence-electron chi connectivity index (χ4n) is 1.50. The molecule has 1 N–H and O–H groups in total. The third-order valence-electron chi connectivity index (χ3n) is 2.85. The van der Waals surface area contributed by atoms with Crippen LogP contribution in [0.5, 0.6) is 0 Å². The van der Waals surface area contributed by atoms with Gasteiger partial charge in [0.2, 0.25) is 5.91 Å². The van der Waals surface area contributed by atoms with E-state index in [-0.39, 0.29) is 0 Å². The van der Waals surface area contributed by atoms with E-state index in [9.17, 15) is 9.59 Å². The van der Waals surface area contributed by atoms with E-state index in [2.05, 4.69) is 4.98 Å². The molecular weight excluding hydrogens is 232 g/mol. The second-order valence-electron chi connectivity index (χ2n) is 4.73. The molecule has 0 bridgehead atoms. The first-order chi connectivity index (χ1) is 8.35. The lowest BCUT2D eigenvalue weighted by Gasteiger charge is -2.25. The molecule has 0 aliphatic carbocycles. The Bertz CT molecular complexity index is 429. The first kappa shape index (κ1) is 14.2. The zero-order valence-corrected chi connectivity index (χ0v) is 10.9. The van der Waals surface area contributed by atoms with Gasteiger partial charge in [0.1, 0.15) is 5.41 Å². The summed E-state index contributed by atoms with van der Waals surface area (Å²) in [6.07, 6.45) is 2.30. The van der Waals surface area contributed by atoms with Crippen LogP contribution in [0.25, 0.3) is 0 Å². The zero-order valence-electron chi connectivity index (χ0n) is 10.9. The highest BCUT2D eigenvalue weighted by Gasteiger charge is 2.37. The maximum atomic E-state index is 12.0. The van der Waals surface area contributed by atoms with E-state index in [1.165, 1.54) is 18.7 Å². The number of likely N-dealkylation sites (N-methyl/N-ethyl adjacent to an activating group) is 1. The Labute approximate surface area is 106 Å². The van der Waals surface area contributed by atoms with Crippen LogP contribution in [-0.2, 0) is 16.0 Å². The number of nitrogens with zero attached hydrogens (tertiary/aromatic N) is 2. The lowest BCUT2D eigenvalue weighted by Crippen LogP contribution is -2.44. The highest BCUT2D eigenvalue weighted by Crippen LogP contribution is 2.18. The summed E-state index contributed by atoms with van der Waals surface area (Å²) >= 11 is 0. The Morgan fingerprint density at radius 2 is 2.06 bits per heavy atom. The Morgan fingerprint density at radius 1 is 1.39 bits per heavy atom. The van der Waals surface area contributed by atoms with E-state index in [0.717, 1.165) is 5.69 Å². The quantitative estimate of drug-likeness (QED) is 0.797. The SMILES string of the molecule is CN(CCc1ccccn1)C(=O)C(C)(C)C(=O)O. The van der Waals surface area contributed by atoms with E-state index in [1.807, 2.05) is 18.2 Å². The van der Waals surface area contributed by atoms with E-state index in [1.54, 1.807) is 13.2 Å². The largest absolute Gasteiger partial charge is 0.480 e. The molecule has 1 amide bonds. The molecule has 1 aromatic heterocycles. The van der Waals surface area contributed by atoms with Crippen molar-refractivity contribution in [1.82, 2.24) is 9.88 Å². The van der Waals surface area contributed by atoms with Crippen molar-refractivity contribution in [2.75, 3.05) is 13.6 Å². The minimum atomic E-state index is -1.39. The molecule has 18 heavy (non-hydrogen) atoms. The zero-order chi connectivity index (χ0) is 13.8. The second kappa shape index (κ2) is 5.62. The monoisotopic (exact) mass is 250 g/mol. The van der Waals surface area contributed by atoms with Crippen molar-refractivity contribution >= 4 is 11.9 Å². The number of hydrogen-bond donors (Lipinski definition) is 1. The number of hydrogen-bond acceptors (Lipinski definition) is 3. The summed E-state index contributed by atoms with van der Waals surface area (Å²) in [6, 6.07) is 5.58. The lowest BCUT2D eigenvalue weighted by atomic mass is 9.92. The fraction of sp³-hybridized carbons (Fsp3) is 0.462. The van der Waals surface area contributed by atoms with Crippen LogP contribution < -0.4 is 0 Å². The molecule has 0 atom stereocenters. The standard InChI is InChI=1S/C13H18N2O3/c1-13(2,12(17)18)11(16)15(3)9-7-10-6-4-5-8-14-10/h4-6,8H,7,9H2,1-3H3,(H,17,18). The van der Waals surface area contributed by atoms with Crippen LogP contribution in [-0.4, -0.2) is 40.5 Å². The molecule has 0 fully saturated rings. The highest BCUT2D eigenvalue weighted by molar-refractivity contribution is 6.00. The van der Waals surface area contributed by atoms with Crippen LogP contribution in [0.2, 0.25) is 0 Å². The average molecular weight is 250 g/mol. The average Bonchev–Trinajstić information content (AvgIpc) is 2.36. The summed E-state index contributed by atoms with van der Waals surface area (Å²) in [4.78, 5) is 28.5. The van der Waals surface area contributed by atoms with Gasteiger partial charge in [-0.15, -0.1) is 0 Å². The van der Waals surface area contributed by atoms with E-state index < -0.39 is 17.3 Å². The first-order valence-electron chi connectivity index (χ1n) is 5.74. The molecule has 0 aliphatic heterocycles. The predicted molar refractivity (Wildman–Crippen MR) is 67.0 cm³/mol. The van der Waals surface area contributed by atoms with Crippen LogP contribution in [0.1, 0.15) is 19.5 Å². The third-order valence-corrected chi connectivity index (χ3v) is 2.85. The number of carbonyl (C=O) groups is 2. The van der Waals surface area contributed by atoms with Crippen molar-refractivity contribution in [2.45, 2.75) is 20.3 Å². The summed E-state index contributed by atoms with van der Waals surface area (Å²) in [5.41, 5.74) is -0.510. The molecule has 0 aromatic carbocycles. The Kier molecular flexibility index (Phi) is 4.42. The van der Waals surface area contributed by atoms with E-state index >= 15 is 0 Å². The van der Waals surface area contributed by atoms with Gasteiger partial charge >= 0.3 is 5.97 Å². The summed E-state index contributed by atoms with van der Waals surface area (Å²) in [6.45, 7) is 3.27. The Balaban J connectivity index is 2.59. The minimum absolute atomic E-state index is 0.397. The van der Waals surface area contributed by atoms with Gasteiger partial charge < -0.3 is 10.0 Å². The highest BCUT2D eigenvalue weighted by atomic mass is 16.4. The molecular formula is C13H18N2O3. The number of carboxylic acid groups (broad SMARTS) is 1.